The summed E-state index contributed by atoms with van der Waals surface area (Å²) in [6, 6.07) is 17.5. The fourth-order valence-electron chi connectivity index (χ4n) is 2.19. The molecular formula is C16H13BrN2O. The number of carbonyl (C=O) groups is 1. The Morgan fingerprint density at radius 3 is 2.35 bits per heavy atom. The van der Waals surface area contributed by atoms with E-state index >= 15 is 0 Å². The van der Waals surface area contributed by atoms with Gasteiger partial charge in [-0.1, -0.05) is 58.4 Å². The molecule has 1 heterocycles. The first kappa shape index (κ1) is 12.9. The summed E-state index contributed by atoms with van der Waals surface area (Å²) in [6.45, 7) is 0. The van der Waals surface area contributed by atoms with Crippen molar-refractivity contribution in [2.75, 3.05) is 0 Å². The highest BCUT2D eigenvalue weighted by Crippen LogP contribution is 2.24. The van der Waals surface area contributed by atoms with E-state index < -0.39 is 0 Å². The van der Waals surface area contributed by atoms with Gasteiger partial charge in [-0.15, -0.1) is 0 Å². The van der Waals surface area contributed by atoms with Crippen LogP contribution in [0, 0.1) is 0 Å². The van der Waals surface area contributed by atoms with Crippen LogP contribution in [0.5, 0.6) is 0 Å². The average Bonchev–Trinajstić information content (AvgIpc) is 2.48. The van der Waals surface area contributed by atoms with Gasteiger partial charge >= 0.3 is 6.03 Å². The van der Waals surface area contributed by atoms with Gasteiger partial charge in [0, 0.05) is 10.2 Å². The van der Waals surface area contributed by atoms with Crippen LogP contribution in [0.3, 0.4) is 0 Å². The molecule has 2 N–H and O–H groups in total. The van der Waals surface area contributed by atoms with Crippen molar-refractivity contribution >= 4 is 27.7 Å². The van der Waals surface area contributed by atoms with Gasteiger partial charge in [0.15, 0.2) is 0 Å². The lowest BCUT2D eigenvalue weighted by atomic mass is 10.0. The SMILES string of the molecule is O=C1NC(c2ccccc2)=CC(c2ccc(Br)cc2)N1. The van der Waals surface area contributed by atoms with Crippen LogP contribution in [0.15, 0.2) is 65.1 Å². The summed E-state index contributed by atoms with van der Waals surface area (Å²) < 4.78 is 1.02. The number of amides is 2. The zero-order valence-corrected chi connectivity index (χ0v) is 12.2. The predicted octanol–water partition coefficient (Wildman–Crippen LogP) is 3.84. The van der Waals surface area contributed by atoms with Crippen LogP contribution in [-0.4, -0.2) is 6.03 Å². The molecule has 1 unspecified atom stereocenters. The summed E-state index contributed by atoms with van der Waals surface area (Å²) in [6.07, 6.45) is 2.03. The zero-order chi connectivity index (χ0) is 13.9. The summed E-state index contributed by atoms with van der Waals surface area (Å²) in [5, 5.41) is 5.76. The largest absolute Gasteiger partial charge is 0.327 e. The topological polar surface area (TPSA) is 41.1 Å². The Labute approximate surface area is 125 Å². The third-order valence-corrected chi connectivity index (χ3v) is 3.71. The molecule has 20 heavy (non-hydrogen) atoms. The van der Waals surface area contributed by atoms with Crippen molar-refractivity contribution in [2.24, 2.45) is 0 Å². The summed E-state index contributed by atoms with van der Waals surface area (Å²) in [4.78, 5) is 11.8. The third-order valence-electron chi connectivity index (χ3n) is 3.18. The molecule has 0 saturated heterocycles. The van der Waals surface area contributed by atoms with E-state index in [1.54, 1.807) is 0 Å². The molecule has 3 nitrogen and oxygen atoms in total. The maximum Gasteiger partial charge on any atom is 0.319 e. The van der Waals surface area contributed by atoms with E-state index in [1.165, 1.54) is 0 Å². The fraction of sp³-hybridized carbons (Fsp3) is 0.0625. The lowest BCUT2D eigenvalue weighted by Gasteiger charge is -2.24. The molecule has 1 aliphatic rings. The number of nitrogens with one attached hydrogen (secondary N) is 2. The van der Waals surface area contributed by atoms with E-state index in [2.05, 4.69) is 26.6 Å². The highest BCUT2D eigenvalue weighted by Gasteiger charge is 2.20. The second kappa shape index (κ2) is 5.51. The van der Waals surface area contributed by atoms with Crippen molar-refractivity contribution in [3.8, 4) is 0 Å². The van der Waals surface area contributed by atoms with Gasteiger partial charge in [0.05, 0.1) is 6.04 Å². The molecule has 0 aliphatic carbocycles. The van der Waals surface area contributed by atoms with Gasteiger partial charge in [0.1, 0.15) is 0 Å². The second-order valence-electron chi connectivity index (χ2n) is 4.57. The molecule has 0 fully saturated rings. The molecule has 2 aromatic rings. The Balaban J connectivity index is 1.95. The van der Waals surface area contributed by atoms with Crippen molar-refractivity contribution in [1.82, 2.24) is 10.6 Å². The van der Waals surface area contributed by atoms with Crippen molar-refractivity contribution in [2.45, 2.75) is 6.04 Å². The van der Waals surface area contributed by atoms with Gasteiger partial charge in [-0.3, -0.25) is 0 Å². The molecule has 2 aromatic carbocycles. The van der Waals surface area contributed by atoms with Crippen LogP contribution in [0.2, 0.25) is 0 Å². The Kier molecular flexibility index (Phi) is 3.56. The van der Waals surface area contributed by atoms with Crippen LogP contribution in [0.4, 0.5) is 4.79 Å². The zero-order valence-electron chi connectivity index (χ0n) is 10.6. The summed E-state index contributed by atoms with van der Waals surface area (Å²) in [5.74, 6) is 0. The highest BCUT2D eigenvalue weighted by atomic mass is 79.9. The summed E-state index contributed by atoms with van der Waals surface area (Å²) in [7, 11) is 0. The lowest BCUT2D eigenvalue weighted by molar-refractivity contribution is 0.241. The van der Waals surface area contributed by atoms with Crippen molar-refractivity contribution in [3.05, 3.63) is 76.3 Å². The van der Waals surface area contributed by atoms with Crippen molar-refractivity contribution < 1.29 is 4.79 Å². The highest BCUT2D eigenvalue weighted by molar-refractivity contribution is 9.10. The monoisotopic (exact) mass is 328 g/mol. The molecule has 0 aromatic heterocycles. The number of carbonyl (C=O) groups excluding carboxylic acids is 1. The number of hydrogen-bond donors (Lipinski definition) is 2. The minimum absolute atomic E-state index is 0.118. The van der Waals surface area contributed by atoms with Crippen molar-refractivity contribution in [3.63, 3.8) is 0 Å². The third kappa shape index (κ3) is 2.75. The summed E-state index contributed by atoms with van der Waals surface area (Å²) in [5.41, 5.74) is 2.89. The molecule has 0 bridgehead atoms. The van der Waals surface area contributed by atoms with Crippen LogP contribution in [0.1, 0.15) is 17.2 Å². The molecule has 0 spiro atoms. The standard InChI is InChI=1S/C16H13BrN2O/c17-13-8-6-12(7-9-13)15-10-14(18-16(20)19-15)11-4-2-1-3-5-11/h1-10,15H,(H2,18,19,20). The Morgan fingerprint density at radius 2 is 1.65 bits per heavy atom. The molecule has 1 aliphatic heterocycles. The van der Waals surface area contributed by atoms with Gasteiger partial charge in [0.25, 0.3) is 0 Å². The minimum atomic E-state index is -0.181. The molecular weight excluding hydrogens is 316 g/mol. The predicted molar refractivity (Wildman–Crippen MR) is 83.0 cm³/mol. The molecule has 4 heteroatoms. The number of benzene rings is 2. The lowest BCUT2D eigenvalue weighted by Crippen LogP contribution is -2.40. The van der Waals surface area contributed by atoms with Crippen LogP contribution in [-0.2, 0) is 0 Å². The smallest absolute Gasteiger partial charge is 0.319 e. The van der Waals surface area contributed by atoms with Gasteiger partial charge < -0.3 is 10.6 Å². The second-order valence-corrected chi connectivity index (χ2v) is 5.49. The van der Waals surface area contributed by atoms with E-state index in [-0.39, 0.29) is 12.1 Å². The van der Waals surface area contributed by atoms with Crippen LogP contribution < -0.4 is 10.6 Å². The number of hydrogen-bond acceptors (Lipinski definition) is 1. The molecule has 3 rings (SSSR count). The molecule has 1 atom stereocenters. The summed E-state index contributed by atoms with van der Waals surface area (Å²) >= 11 is 3.41. The average molecular weight is 329 g/mol. The first-order valence-corrected chi connectivity index (χ1v) is 7.12. The normalized spacial score (nSPS) is 17.9. The van der Waals surface area contributed by atoms with Gasteiger partial charge in [-0.25, -0.2) is 4.79 Å². The maximum absolute atomic E-state index is 11.8. The van der Waals surface area contributed by atoms with E-state index in [9.17, 15) is 4.79 Å². The number of halogens is 1. The van der Waals surface area contributed by atoms with E-state index in [1.807, 2.05) is 60.7 Å². The van der Waals surface area contributed by atoms with E-state index in [0.29, 0.717) is 0 Å². The van der Waals surface area contributed by atoms with Crippen molar-refractivity contribution in [1.29, 1.82) is 0 Å². The van der Waals surface area contributed by atoms with Gasteiger partial charge in [-0.05, 0) is 29.3 Å². The fourth-order valence-corrected chi connectivity index (χ4v) is 2.45. The van der Waals surface area contributed by atoms with Crippen LogP contribution >= 0.6 is 15.9 Å². The molecule has 2 amide bonds. The first-order valence-electron chi connectivity index (χ1n) is 6.32. The van der Waals surface area contributed by atoms with Gasteiger partial charge in [0.2, 0.25) is 0 Å². The maximum atomic E-state index is 11.8. The van der Waals surface area contributed by atoms with Crippen LogP contribution in [0.25, 0.3) is 5.70 Å². The molecule has 100 valence electrons. The minimum Gasteiger partial charge on any atom is -0.327 e. The Hall–Kier alpha value is -2.07. The number of urea groups is 1. The van der Waals surface area contributed by atoms with Gasteiger partial charge in [-0.2, -0.15) is 0 Å². The Morgan fingerprint density at radius 1 is 0.950 bits per heavy atom. The van der Waals surface area contributed by atoms with E-state index in [0.717, 1.165) is 21.3 Å². The molecule has 0 saturated carbocycles. The number of rotatable bonds is 2. The first-order chi connectivity index (χ1) is 9.72. The molecule has 0 radical (unpaired) electrons. The Bertz CT molecular complexity index is 650. The quantitative estimate of drug-likeness (QED) is 0.863. The van der Waals surface area contributed by atoms with E-state index in [4.69, 9.17) is 0 Å².